The number of fused-ring (bicyclic) bond motifs is 1. The quantitative estimate of drug-likeness (QED) is 0.879. The molecule has 1 aliphatic heterocycles. The maximum absolute atomic E-state index is 12.4. The third-order valence-corrected chi connectivity index (χ3v) is 5.20. The van der Waals surface area contributed by atoms with E-state index >= 15 is 0 Å². The molecule has 2 atom stereocenters. The Kier molecular flexibility index (Phi) is 4.29. The molecule has 2 unspecified atom stereocenters. The van der Waals surface area contributed by atoms with Crippen molar-refractivity contribution >= 4 is 28.9 Å². The minimum Gasteiger partial charge on any atom is -0.468 e. The molecule has 0 fully saturated rings. The van der Waals surface area contributed by atoms with Gasteiger partial charge in [-0.15, -0.1) is 11.3 Å². The molecule has 1 aromatic heterocycles. The summed E-state index contributed by atoms with van der Waals surface area (Å²) < 4.78 is 5.03. The van der Waals surface area contributed by atoms with Crippen molar-refractivity contribution in [3.8, 4) is 0 Å². The Bertz CT molecular complexity index is 655. The molecule has 0 saturated heterocycles. The summed E-state index contributed by atoms with van der Waals surface area (Å²) in [6, 6.07) is 9.46. The van der Waals surface area contributed by atoms with Gasteiger partial charge in [0.05, 0.1) is 13.2 Å². The van der Waals surface area contributed by atoms with Gasteiger partial charge in [-0.1, -0.05) is 29.8 Å². The number of thiophene rings is 1. The van der Waals surface area contributed by atoms with Crippen LogP contribution in [0.4, 0.5) is 0 Å². The van der Waals surface area contributed by atoms with E-state index in [2.05, 4.69) is 16.8 Å². The van der Waals surface area contributed by atoms with Crippen LogP contribution in [0.15, 0.2) is 35.7 Å². The number of halogens is 1. The zero-order valence-corrected chi connectivity index (χ0v) is 13.2. The summed E-state index contributed by atoms with van der Waals surface area (Å²) in [5, 5.41) is 6.12. The Morgan fingerprint density at radius 2 is 2.24 bits per heavy atom. The van der Waals surface area contributed by atoms with Gasteiger partial charge in [0.2, 0.25) is 0 Å². The van der Waals surface area contributed by atoms with Crippen LogP contribution in [0.5, 0.6) is 0 Å². The molecule has 1 aromatic carbocycles. The van der Waals surface area contributed by atoms with Gasteiger partial charge in [0.1, 0.15) is 5.92 Å². The number of methoxy groups -OCH3 is 1. The maximum atomic E-state index is 12.4. The van der Waals surface area contributed by atoms with E-state index in [0.29, 0.717) is 5.02 Å². The highest BCUT2D eigenvalue weighted by atomic mass is 35.5. The lowest BCUT2D eigenvalue weighted by Gasteiger charge is -2.30. The van der Waals surface area contributed by atoms with Gasteiger partial charge in [-0.3, -0.25) is 4.79 Å². The van der Waals surface area contributed by atoms with Gasteiger partial charge in [0.25, 0.3) is 0 Å². The second kappa shape index (κ2) is 6.18. The highest BCUT2D eigenvalue weighted by Gasteiger charge is 2.36. The summed E-state index contributed by atoms with van der Waals surface area (Å²) in [5.41, 5.74) is 1.99. The van der Waals surface area contributed by atoms with Crippen molar-refractivity contribution in [1.29, 1.82) is 0 Å². The number of carbonyl (C=O) groups excluding carboxylic acids is 1. The SMILES string of the molecule is COC(=O)C(c1ccccc1Cl)C1NCCc2sccc21. The van der Waals surface area contributed by atoms with Gasteiger partial charge >= 0.3 is 5.97 Å². The Morgan fingerprint density at radius 1 is 1.43 bits per heavy atom. The molecule has 0 bridgehead atoms. The summed E-state index contributed by atoms with van der Waals surface area (Å²) >= 11 is 8.05. The second-order valence-corrected chi connectivity index (χ2v) is 6.41. The van der Waals surface area contributed by atoms with Crippen LogP contribution in [0.3, 0.4) is 0 Å². The van der Waals surface area contributed by atoms with Crippen molar-refractivity contribution in [2.24, 2.45) is 0 Å². The monoisotopic (exact) mass is 321 g/mol. The molecular formula is C16H16ClNO2S. The summed E-state index contributed by atoms with van der Waals surface area (Å²) in [6.07, 6.45) is 1.000. The van der Waals surface area contributed by atoms with Crippen molar-refractivity contribution in [2.75, 3.05) is 13.7 Å². The van der Waals surface area contributed by atoms with Crippen LogP contribution in [0.25, 0.3) is 0 Å². The lowest BCUT2D eigenvalue weighted by Crippen LogP contribution is -2.36. The summed E-state index contributed by atoms with van der Waals surface area (Å²) in [4.78, 5) is 13.7. The Labute approximate surface area is 132 Å². The highest BCUT2D eigenvalue weighted by Crippen LogP contribution is 2.40. The third-order valence-electron chi connectivity index (χ3n) is 3.86. The van der Waals surface area contributed by atoms with E-state index in [1.165, 1.54) is 17.6 Å². The number of ether oxygens (including phenoxy) is 1. The predicted molar refractivity (Wildman–Crippen MR) is 85.0 cm³/mol. The first-order chi connectivity index (χ1) is 10.2. The van der Waals surface area contributed by atoms with Crippen LogP contribution in [0, 0.1) is 0 Å². The average Bonchev–Trinajstić information content (AvgIpc) is 2.98. The number of nitrogens with one attached hydrogen (secondary N) is 1. The maximum Gasteiger partial charge on any atom is 0.315 e. The first-order valence-electron chi connectivity index (χ1n) is 6.84. The van der Waals surface area contributed by atoms with Crippen molar-refractivity contribution in [1.82, 2.24) is 5.32 Å². The molecule has 21 heavy (non-hydrogen) atoms. The van der Waals surface area contributed by atoms with Crippen LogP contribution < -0.4 is 5.32 Å². The van der Waals surface area contributed by atoms with Crippen LogP contribution in [0.2, 0.25) is 5.02 Å². The van der Waals surface area contributed by atoms with E-state index < -0.39 is 5.92 Å². The number of benzene rings is 1. The smallest absolute Gasteiger partial charge is 0.315 e. The van der Waals surface area contributed by atoms with E-state index in [4.69, 9.17) is 16.3 Å². The fourth-order valence-electron chi connectivity index (χ4n) is 2.88. The zero-order chi connectivity index (χ0) is 14.8. The van der Waals surface area contributed by atoms with Crippen molar-refractivity contribution in [3.63, 3.8) is 0 Å². The first kappa shape index (κ1) is 14.6. The topological polar surface area (TPSA) is 38.3 Å². The van der Waals surface area contributed by atoms with E-state index in [9.17, 15) is 4.79 Å². The van der Waals surface area contributed by atoms with E-state index in [1.54, 1.807) is 11.3 Å². The molecular weight excluding hydrogens is 306 g/mol. The fraction of sp³-hybridized carbons (Fsp3) is 0.312. The van der Waals surface area contributed by atoms with Crippen LogP contribution in [0.1, 0.15) is 28.0 Å². The molecule has 0 aliphatic carbocycles. The van der Waals surface area contributed by atoms with E-state index in [0.717, 1.165) is 18.5 Å². The van der Waals surface area contributed by atoms with Gasteiger partial charge in [-0.2, -0.15) is 0 Å². The second-order valence-electron chi connectivity index (χ2n) is 5.00. The molecule has 1 N–H and O–H groups in total. The average molecular weight is 322 g/mol. The Morgan fingerprint density at radius 3 is 3.00 bits per heavy atom. The lowest BCUT2D eigenvalue weighted by atomic mass is 9.85. The van der Waals surface area contributed by atoms with Gasteiger partial charge < -0.3 is 10.1 Å². The molecule has 2 aromatic rings. The minimum atomic E-state index is -0.433. The third kappa shape index (κ3) is 2.71. The summed E-state index contributed by atoms with van der Waals surface area (Å²) in [5.74, 6) is -0.697. The normalized spacial score (nSPS) is 18.9. The Balaban J connectivity index is 2.06. The number of carbonyl (C=O) groups is 1. The predicted octanol–water partition coefficient (Wildman–Crippen LogP) is 3.55. The van der Waals surface area contributed by atoms with Gasteiger partial charge in [0.15, 0.2) is 0 Å². The van der Waals surface area contributed by atoms with E-state index in [1.807, 2.05) is 24.3 Å². The molecule has 3 rings (SSSR count). The van der Waals surface area contributed by atoms with E-state index in [-0.39, 0.29) is 12.0 Å². The van der Waals surface area contributed by atoms with Gasteiger partial charge in [-0.25, -0.2) is 0 Å². The van der Waals surface area contributed by atoms with Crippen molar-refractivity contribution in [3.05, 3.63) is 56.7 Å². The first-order valence-corrected chi connectivity index (χ1v) is 8.10. The molecule has 110 valence electrons. The molecule has 5 heteroatoms. The summed E-state index contributed by atoms with van der Waals surface area (Å²) in [6.45, 7) is 0.857. The van der Waals surface area contributed by atoms with Crippen molar-refractivity contribution < 1.29 is 9.53 Å². The largest absolute Gasteiger partial charge is 0.468 e. The number of esters is 1. The number of hydrogen-bond donors (Lipinski definition) is 1. The highest BCUT2D eigenvalue weighted by molar-refractivity contribution is 7.10. The minimum absolute atomic E-state index is 0.0904. The molecule has 3 nitrogen and oxygen atoms in total. The van der Waals surface area contributed by atoms with Gasteiger partial charge in [0, 0.05) is 16.4 Å². The van der Waals surface area contributed by atoms with Gasteiger partial charge in [-0.05, 0) is 35.1 Å². The summed E-state index contributed by atoms with van der Waals surface area (Å²) in [7, 11) is 1.42. The molecule has 0 spiro atoms. The standard InChI is InChI=1S/C16H16ClNO2S/c1-20-16(19)14(10-4-2-3-5-12(10)17)15-11-7-9-21-13(11)6-8-18-15/h2-5,7,9,14-15,18H,6,8H2,1H3. The lowest BCUT2D eigenvalue weighted by molar-refractivity contribution is -0.143. The fourth-order valence-corrected chi connectivity index (χ4v) is 4.06. The van der Waals surface area contributed by atoms with Crippen LogP contribution in [-0.4, -0.2) is 19.6 Å². The zero-order valence-electron chi connectivity index (χ0n) is 11.6. The molecule has 2 heterocycles. The molecule has 0 saturated carbocycles. The van der Waals surface area contributed by atoms with Crippen LogP contribution >= 0.6 is 22.9 Å². The number of hydrogen-bond acceptors (Lipinski definition) is 4. The molecule has 0 radical (unpaired) electrons. The Hall–Kier alpha value is -1.36. The molecule has 0 amide bonds. The van der Waals surface area contributed by atoms with Crippen molar-refractivity contribution in [2.45, 2.75) is 18.4 Å². The van der Waals surface area contributed by atoms with Crippen LogP contribution in [-0.2, 0) is 16.0 Å². The number of rotatable bonds is 3. The molecule has 1 aliphatic rings.